The van der Waals surface area contributed by atoms with Crippen molar-refractivity contribution < 1.29 is 9.59 Å². The van der Waals surface area contributed by atoms with Gasteiger partial charge in [-0.25, -0.2) is 4.98 Å². The Bertz CT molecular complexity index is 918. The SMILES string of the molecule is O=C(Nc1cccc(C#Cc2ccccn2)c1)C1CCN(C(=O)C2CC2)CC1. The van der Waals surface area contributed by atoms with Crippen molar-refractivity contribution in [3.05, 3.63) is 59.9 Å². The zero-order chi connectivity index (χ0) is 19.3. The van der Waals surface area contributed by atoms with Crippen LogP contribution in [0.25, 0.3) is 0 Å². The monoisotopic (exact) mass is 373 g/mol. The summed E-state index contributed by atoms with van der Waals surface area (Å²) in [5.41, 5.74) is 2.28. The fourth-order valence-electron chi connectivity index (χ4n) is 3.44. The molecular weight excluding hydrogens is 350 g/mol. The van der Waals surface area contributed by atoms with Gasteiger partial charge in [0.25, 0.3) is 0 Å². The number of nitrogens with one attached hydrogen (secondary N) is 1. The molecule has 1 aliphatic carbocycles. The van der Waals surface area contributed by atoms with Gasteiger partial charge in [-0.2, -0.15) is 0 Å². The molecule has 1 N–H and O–H groups in total. The average Bonchev–Trinajstić information content (AvgIpc) is 3.58. The number of anilines is 1. The summed E-state index contributed by atoms with van der Waals surface area (Å²) in [5, 5.41) is 3.00. The molecule has 1 aliphatic heterocycles. The normalized spacial score (nSPS) is 16.8. The number of pyridine rings is 1. The average molecular weight is 373 g/mol. The third kappa shape index (κ3) is 4.58. The summed E-state index contributed by atoms with van der Waals surface area (Å²) in [4.78, 5) is 30.9. The minimum atomic E-state index is -0.0495. The standard InChI is InChI=1S/C23H23N3O2/c27-22(18-11-14-26(15-12-18)23(28)19-8-9-19)25-21-6-3-4-17(16-21)7-10-20-5-1-2-13-24-20/h1-6,13,16,18-19H,8-9,11-12,14-15H2,(H,25,27). The topological polar surface area (TPSA) is 62.3 Å². The van der Waals surface area contributed by atoms with Crippen molar-refractivity contribution in [3.63, 3.8) is 0 Å². The van der Waals surface area contributed by atoms with E-state index in [1.54, 1.807) is 6.20 Å². The smallest absolute Gasteiger partial charge is 0.227 e. The maximum atomic E-state index is 12.6. The van der Waals surface area contributed by atoms with Crippen LogP contribution in [0.15, 0.2) is 48.7 Å². The molecule has 5 nitrogen and oxygen atoms in total. The molecule has 0 spiro atoms. The van der Waals surface area contributed by atoms with E-state index in [-0.39, 0.29) is 23.7 Å². The van der Waals surface area contributed by atoms with E-state index in [2.05, 4.69) is 22.1 Å². The summed E-state index contributed by atoms with van der Waals surface area (Å²) in [6.07, 6.45) is 5.22. The molecule has 2 aromatic rings. The van der Waals surface area contributed by atoms with E-state index in [0.29, 0.717) is 18.8 Å². The second-order valence-corrected chi connectivity index (χ2v) is 7.41. The number of piperidine rings is 1. The van der Waals surface area contributed by atoms with Crippen molar-refractivity contribution in [2.75, 3.05) is 18.4 Å². The number of hydrogen-bond donors (Lipinski definition) is 1. The van der Waals surface area contributed by atoms with E-state index in [1.807, 2.05) is 47.4 Å². The molecule has 28 heavy (non-hydrogen) atoms. The molecule has 1 aromatic heterocycles. The van der Waals surface area contributed by atoms with Crippen molar-refractivity contribution >= 4 is 17.5 Å². The molecule has 0 atom stereocenters. The fraction of sp³-hybridized carbons (Fsp3) is 0.348. The summed E-state index contributed by atoms with van der Waals surface area (Å²) in [7, 11) is 0. The van der Waals surface area contributed by atoms with Crippen molar-refractivity contribution in [1.29, 1.82) is 0 Å². The molecule has 2 heterocycles. The second kappa shape index (κ2) is 8.26. The fourth-order valence-corrected chi connectivity index (χ4v) is 3.44. The lowest BCUT2D eigenvalue weighted by Crippen LogP contribution is -2.42. The molecule has 2 fully saturated rings. The van der Waals surface area contributed by atoms with Crippen LogP contribution in [0, 0.1) is 23.7 Å². The van der Waals surface area contributed by atoms with Crippen LogP contribution in [-0.2, 0) is 9.59 Å². The number of aromatic nitrogens is 1. The lowest BCUT2D eigenvalue weighted by Gasteiger charge is -2.31. The maximum absolute atomic E-state index is 12.6. The van der Waals surface area contributed by atoms with Gasteiger partial charge in [0.2, 0.25) is 11.8 Å². The molecule has 5 heteroatoms. The molecule has 2 aliphatic rings. The molecule has 1 saturated heterocycles. The van der Waals surface area contributed by atoms with Crippen molar-refractivity contribution in [2.45, 2.75) is 25.7 Å². The van der Waals surface area contributed by atoms with E-state index in [9.17, 15) is 9.59 Å². The third-order valence-corrected chi connectivity index (χ3v) is 5.23. The highest BCUT2D eigenvalue weighted by atomic mass is 16.2. The summed E-state index contributed by atoms with van der Waals surface area (Å²) >= 11 is 0. The maximum Gasteiger partial charge on any atom is 0.227 e. The lowest BCUT2D eigenvalue weighted by molar-refractivity contribution is -0.135. The number of nitrogens with zero attached hydrogens (tertiary/aromatic N) is 2. The Morgan fingerprint density at radius 1 is 0.964 bits per heavy atom. The highest BCUT2D eigenvalue weighted by Gasteiger charge is 2.35. The van der Waals surface area contributed by atoms with Crippen LogP contribution in [0.3, 0.4) is 0 Å². The van der Waals surface area contributed by atoms with Crippen LogP contribution >= 0.6 is 0 Å². The van der Waals surface area contributed by atoms with Crippen LogP contribution in [0.1, 0.15) is 36.9 Å². The number of carbonyl (C=O) groups excluding carboxylic acids is 2. The molecule has 2 amide bonds. The number of amides is 2. The Morgan fingerprint density at radius 3 is 2.50 bits per heavy atom. The number of likely N-dealkylation sites (tertiary alicyclic amines) is 1. The molecule has 1 aromatic carbocycles. The van der Waals surface area contributed by atoms with Gasteiger partial charge in [-0.3, -0.25) is 9.59 Å². The number of hydrogen-bond acceptors (Lipinski definition) is 3. The first-order chi connectivity index (χ1) is 13.7. The molecule has 0 radical (unpaired) electrons. The van der Waals surface area contributed by atoms with Crippen LogP contribution in [-0.4, -0.2) is 34.8 Å². The second-order valence-electron chi connectivity index (χ2n) is 7.41. The molecule has 0 unspecified atom stereocenters. The molecular formula is C23H23N3O2. The summed E-state index contributed by atoms with van der Waals surface area (Å²) in [6, 6.07) is 13.2. The first kappa shape index (κ1) is 18.2. The van der Waals surface area contributed by atoms with Crippen LogP contribution < -0.4 is 5.32 Å². The quantitative estimate of drug-likeness (QED) is 0.841. The Morgan fingerprint density at radius 2 is 1.79 bits per heavy atom. The molecule has 142 valence electrons. The van der Waals surface area contributed by atoms with Gasteiger partial charge in [0, 0.05) is 42.4 Å². The van der Waals surface area contributed by atoms with Gasteiger partial charge in [0.05, 0.1) is 0 Å². The number of carbonyl (C=O) groups is 2. The van der Waals surface area contributed by atoms with E-state index in [4.69, 9.17) is 0 Å². The first-order valence-electron chi connectivity index (χ1n) is 9.82. The van der Waals surface area contributed by atoms with E-state index in [0.717, 1.165) is 36.9 Å². The van der Waals surface area contributed by atoms with Gasteiger partial charge < -0.3 is 10.2 Å². The predicted molar refractivity (Wildman–Crippen MR) is 107 cm³/mol. The summed E-state index contributed by atoms with van der Waals surface area (Å²) in [6.45, 7) is 1.37. The number of benzene rings is 1. The summed E-state index contributed by atoms with van der Waals surface area (Å²) in [5.74, 6) is 6.60. The van der Waals surface area contributed by atoms with Crippen LogP contribution in [0.2, 0.25) is 0 Å². The molecule has 0 bridgehead atoms. The Labute approximate surface area is 165 Å². The van der Waals surface area contributed by atoms with Gasteiger partial charge >= 0.3 is 0 Å². The van der Waals surface area contributed by atoms with Gasteiger partial charge in [-0.15, -0.1) is 0 Å². The predicted octanol–water partition coefficient (Wildman–Crippen LogP) is 3.07. The highest BCUT2D eigenvalue weighted by Crippen LogP contribution is 2.32. The molecule has 1 saturated carbocycles. The first-order valence-corrected chi connectivity index (χ1v) is 9.82. The van der Waals surface area contributed by atoms with Crippen LogP contribution in [0.5, 0.6) is 0 Å². The van der Waals surface area contributed by atoms with Crippen molar-refractivity contribution in [2.24, 2.45) is 11.8 Å². The highest BCUT2D eigenvalue weighted by molar-refractivity contribution is 5.93. The van der Waals surface area contributed by atoms with Gasteiger partial charge in [0.1, 0.15) is 5.69 Å². The van der Waals surface area contributed by atoms with E-state index >= 15 is 0 Å². The van der Waals surface area contributed by atoms with Crippen molar-refractivity contribution in [1.82, 2.24) is 9.88 Å². The minimum absolute atomic E-state index is 0.0216. The Kier molecular flexibility index (Phi) is 5.38. The van der Waals surface area contributed by atoms with Crippen molar-refractivity contribution in [3.8, 4) is 11.8 Å². The molecule has 4 rings (SSSR count). The third-order valence-electron chi connectivity index (χ3n) is 5.23. The largest absolute Gasteiger partial charge is 0.342 e. The Hall–Kier alpha value is -3.13. The number of rotatable bonds is 3. The van der Waals surface area contributed by atoms with Crippen LogP contribution in [0.4, 0.5) is 5.69 Å². The van der Waals surface area contributed by atoms with E-state index in [1.165, 1.54) is 0 Å². The van der Waals surface area contributed by atoms with Gasteiger partial charge in [0.15, 0.2) is 0 Å². The van der Waals surface area contributed by atoms with E-state index < -0.39 is 0 Å². The lowest BCUT2D eigenvalue weighted by atomic mass is 9.95. The zero-order valence-corrected chi connectivity index (χ0v) is 15.7. The zero-order valence-electron chi connectivity index (χ0n) is 15.7. The van der Waals surface area contributed by atoms with Gasteiger partial charge in [-0.1, -0.05) is 18.1 Å². The minimum Gasteiger partial charge on any atom is -0.342 e. The Balaban J connectivity index is 1.33. The van der Waals surface area contributed by atoms with Gasteiger partial charge in [-0.05, 0) is 61.9 Å². The summed E-state index contributed by atoms with van der Waals surface area (Å²) < 4.78 is 0.